The molecule has 2 spiro atoms. The Labute approximate surface area is 192 Å². The van der Waals surface area contributed by atoms with Crippen molar-refractivity contribution in [3.63, 3.8) is 0 Å². The van der Waals surface area contributed by atoms with E-state index in [-0.39, 0.29) is 22.5 Å². The van der Waals surface area contributed by atoms with Crippen molar-refractivity contribution in [3.8, 4) is 0 Å². The molecule has 6 heteroatoms. The molecule has 0 N–H and O–H groups in total. The fourth-order valence-corrected chi connectivity index (χ4v) is 8.21. The van der Waals surface area contributed by atoms with Crippen LogP contribution in [0.5, 0.6) is 0 Å². The first-order valence-electron chi connectivity index (χ1n) is 12.1. The summed E-state index contributed by atoms with van der Waals surface area (Å²) in [7, 11) is 0. The van der Waals surface area contributed by atoms with Crippen molar-refractivity contribution >= 4 is 23.2 Å². The molecule has 168 valence electrons. The molecule has 32 heavy (non-hydrogen) atoms. The molecule has 7 aliphatic rings. The predicted octanol–water partition coefficient (Wildman–Crippen LogP) is 5.58. The van der Waals surface area contributed by atoms with Crippen molar-refractivity contribution < 1.29 is 24.1 Å². The van der Waals surface area contributed by atoms with Crippen LogP contribution in [0.4, 0.5) is 0 Å². The van der Waals surface area contributed by atoms with Crippen LogP contribution >= 0.6 is 11.6 Å². The molecule has 0 unspecified atom stereocenters. The van der Waals surface area contributed by atoms with E-state index in [1.54, 1.807) is 24.3 Å². The molecule has 1 aromatic carbocycles. The van der Waals surface area contributed by atoms with Crippen molar-refractivity contribution in [3.05, 3.63) is 46.0 Å². The Balaban J connectivity index is 1.11. The fourth-order valence-electron chi connectivity index (χ4n) is 7.87. The molecule has 0 amide bonds. The van der Waals surface area contributed by atoms with Gasteiger partial charge in [0.2, 0.25) is 17.4 Å². The van der Waals surface area contributed by atoms with Crippen molar-refractivity contribution in [1.82, 2.24) is 0 Å². The van der Waals surface area contributed by atoms with Crippen LogP contribution < -0.4 is 0 Å². The summed E-state index contributed by atoms with van der Waals surface area (Å²) in [5, 5.41) is 0.0802. The highest BCUT2D eigenvalue weighted by molar-refractivity contribution is 6.50. The number of ether oxygens (including phenoxy) is 1. The highest BCUT2D eigenvalue weighted by atomic mass is 35.5. The van der Waals surface area contributed by atoms with E-state index in [1.165, 1.54) is 32.1 Å². The predicted molar refractivity (Wildman–Crippen MR) is 116 cm³/mol. The molecule has 0 radical (unpaired) electrons. The highest BCUT2D eigenvalue weighted by Gasteiger charge is 2.66. The monoisotopic (exact) mass is 454 g/mol. The summed E-state index contributed by atoms with van der Waals surface area (Å²) in [4.78, 5) is 38.1. The average Bonchev–Trinajstić information content (AvgIpc) is 3.17. The number of Topliss-reactive ketones (excluding diaryl/α,β-unsaturated/α-hetero) is 2. The van der Waals surface area contributed by atoms with Crippen molar-refractivity contribution in [2.24, 2.45) is 29.6 Å². The maximum absolute atomic E-state index is 13.2. The Bertz CT molecular complexity index is 1020. The Kier molecular flexibility index (Phi) is 4.20. The summed E-state index contributed by atoms with van der Waals surface area (Å²) in [5.74, 6) is 0.772. The summed E-state index contributed by atoms with van der Waals surface area (Å²) in [6.07, 6.45) is 8.79. The van der Waals surface area contributed by atoms with Crippen LogP contribution in [0, 0.1) is 29.6 Å². The summed E-state index contributed by atoms with van der Waals surface area (Å²) < 4.78 is 6.78. The molecule has 1 saturated heterocycles. The lowest BCUT2D eigenvalue weighted by molar-refractivity contribution is -0.390. The van der Waals surface area contributed by atoms with E-state index in [2.05, 4.69) is 0 Å². The first kappa shape index (κ1) is 19.9. The molecule has 8 rings (SSSR count). The van der Waals surface area contributed by atoms with Crippen molar-refractivity contribution in [1.29, 1.82) is 0 Å². The van der Waals surface area contributed by atoms with Crippen LogP contribution in [0.2, 0.25) is 0 Å². The third-order valence-electron chi connectivity index (χ3n) is 9.20. The van der Waals surface area contributed by atoms with Gasteiger partial charge in [0, 0.05) is 41.4 Å². The van der Waals surface area contributed by atoms with E-state index in [0.717, 1.165) is 11.8 Å². The first-order chi connectivity index (χ1) is 15.5. The second-order valence-corrected chi connectivity index (χ2v) is 11.3. The van der Waals surface area contributed by atoms with Gasteiger partial charge in [0.15, 0.2) is 5.78 Å². The van der Waals surface area contributed by atoms with Crippen LogP contribution in [-0.4, -0.2) is 23.1 Å². The van der Waals surface area contributed by atoms with Crippen LogP contribution in [0.3, 0.4) is 0 Å². The summed E-state index contributed by atoms with van der Waals surface area (Å²) >= 11 is 6.46. The van der Waals surface area contributed by atoms with Gasteiger partial charge in [-0.05, 0) is 62.7 Å². The molecule has 0 atom stereocenters. The number of halogens is 1. The maximum Gasteiger partial charge on any atom is 0.210 e. The molecule has 5 nitrogen and oxygen atoms in total. The lowest BCUT2D eigenvalue weighted by atomic mass is 9.53. The van der Waals surface area contributed by atoms with Gasteiger partial charge in [0.1, 0.15) is 0 Å². The van der Waals surface area contributed by atoms with Gasteiger partial charge in [-0.2, -0.15) is 9.78 Å². The molecule has 1 aliphatic heterocycles. The standard InChI is InChI=1S/C26H27ClO5/c27-22-21(23(28)19-3-1-2-4-20(19)24(22)29)16-5-7-25(8-6-16)30-26(32-31-25)17-10-14-9-15(12-17)13-18(26)11-14/h1-4,14-18H,5-13H2. The zero-order chi connectivity index (χ0) is 21.7. The Morgan fingerprint density at radius 3 is 2.03 bits per heavy atom. The molecule has 5 saturated carbocycles. The molecule has 1 aromatic rings. The van der Waals surface area contributed by atoms with Crippen molar-refractivity contribution in [2.75, 3.05) is 0 Å². The maximum atomic E-state index is 13.2. The van der Waals surface area contributed by atoms with Gasteiger partial charge in [-0.15, -0.1) is 0 Å². The van der Waals surface area contributed by atoms with Gasteiger partial charge >= 0.3 is 0 Å². The molecule has 6 fully saturated rings. The number of allylic oxidation sites excluding steroid dienone is 2. The molecule has 0 aromatic heterocycles. The number of benzene rings is 1. The molecule has 4 bridgehead atoms. The van der Waals surface area contributed by atoms with Crippen LogP contribution in [-0.2, 0) is 14.5 Å². The number of hydrogen-bond acceptors (Lipinski definition) is 5. The second kappa shape index (κ2) is 6.75. The third kappa shape index (κ3) is 2.62. The van der Waals surface area contributed by atoms with Gasteiger partial charge in [0.25, 0.3) is 0 Å². The molecular weight excluding hydrogens is 428 g/mol. The quantitative estimate of drug-likeness (QED) is 0.518. The number of carbonyl (C=O) groups is 2. The Hall–Kier alpha value is -1.53. The lowest BCUT2D eigenvalue weighted by Crippen LogP contribution is -2.59. The Morgan fingerprint density at radius 2 is 1.41 bits per heavy atom. The van der Waals surface area contributed by atoms with E-state index in [0.29, 0.717) is 54.2 Å². The van der Waals surface area contributed by atoms with Crippen LogP contribution in [0.15, 0.2) is 34.9 Å². The van der Waals surface area contributed by atoms with Crippen LogP contribution in [0.25, 0.3) is 0 Å². The van der Waals surface area contributed by atoms with Gasteiger partial charge in [-0.1, -0.05) is 35.9 Å². The van der Waals surface area contributed by atoms with Gasteiger partial charge in [-0.3, -0.25) is 9.59 Å². The number of hydrogen-bond donors (Lipinski definition) is 0. The molecular formula is C26H27ClO5. The minimum atomic E-state index is -0.738. The zero-order valence-electron chi connectivity index (χ0n) is 18.0. The van der Waals surface area contributed by atoms with E-state index >= 15 is 0 Å². The normalized spacial score (nSPS) is 44.7. The average molecular weight is 455 g/mol. The SMILES string of the molecule is O=C1C(Cl)=C(C2CCC3(CC2)OOC2(O3)C3CC4CC(C3)CC2C4)C(=O)c2ccccc21. The van der Waals surface area contributed by atoms with Crippen molar-refractivity contribution in [2.45, 2.75) is 69.4 Å². The largest absolute Gasteiger partial charge is 0.312 e. The first-order valence-corrected chi connectivity index (χ1v) is 12.5. The highest BCUT2D eigenvalue weighted by Crippen LogP contribution is 2.64. The summed E-state index contributed by atoms with van der Waals surface area (Å²) in [5.41, 5.74) is 1.33. The zero-order valence-corrected chi connectivity index (χ0v) is 18.7. The fraction of sp³-hybridized carbons (Fsp3) is 0.615. The smallest absolute Gasteiger partial charge is 0.210 e. The molecule has 6 aliphatic carbocycles. The van der Waals surface area contributed by atoms with Gasteiger partial charge < -0.3 is 4.74 Å². The Morgan fingerprint density at radius 1 is 0.812 bits per heavy atom. The van der Waals surface area contributed by atoms with E-state index in [9.17, 15) is 9.59 Å². The lowest BCUT2D eigenvalue weighted by Gasteiger charge is -2.57. The summed E-state index contributed by atoms with van der Waals surface area (Å²) in [6.45, 7) is 0. The number of ketones is 2. The van der Waals surface area contributed by atoms with Gasteiger partial charge in [-0.25, -0.2) is 0 Å². The van der Waals surface area contributed by atoms with E-state index < -0.39 is 11.6 Å². The third-order valence-corrected chi connectivity index (χ3v) is 9.57. The van der Waals surface area contributed by atoms with Gasteiger partial charge in [0.05, 0.1) is 5.03 Å². The van der Waals surface area contributed by atoms with E-state index in [1.807, 2.05) is 0 Å². The number of carbonyl (C=O) groups excluding carboxylic acids is 2. The topological polar surface area (TPSA) is 61.8 Å². The van der Waals surface area contributed by atoms with Crippen LogP contribution in [0.1, 0.15) is 78.5 Å². The molecule has 1 heterocycles. The van der Waals surface area contributed by atoms with E-state index in [4.69, 9.17) is 26.1 Å². The number of fused-ring (bicyclic) bond motifs is 1. The minimum Gasteiger partial charge on any atom is -0.312 e. The second-order valence-electron chi connectivity index (χ2n) is 10.9. The number of rotatable bonds is 1. The summed E-state index contributed by atoms with van der Waals surface area (Å²) in [6, 6.07) is 6.94. The minimum absolute atomic E-state index is 0.0693.